The number of nitrogens with one attached hydrogen (secondary N) is 1. The maximum Gasteiger partial charge on any atom is 0.416 e. The molecule has 1 fully saturated rings. The molecular formula is C14H10F3N3O8. The molecule has 1 aliphatic heterocycles. The van der Waals surface area contributed by atoms with E-state index in [1.165, 1.54) is 13.8 Å². The first kappa shape index (κ1) is 20.6. The van der Waals surface area contributed by atoms with Crippen LogP contribution in [0.5, 0.6) is 0 Å². The number of hydrogen-bond acceptors (Lipinski definition) is 9. The molecule has 1 heterocycles. The summed E-state index contributed by atoms with van der Waals surface area (Å²) in [6, 6.07) is 0.156. The summed E-state index contributed by atoms with van der Waals surface area (Å²) in [6.07, 6.45) is -4.57. The van der Waals surface area contributed by atoms with Crippen LogP contribution in [0, 0.1) is 20.2 Å². The molecule has 1 aromatic rings. The van der Waals surface area contributed by atoms with Crippen molar-refractivity contribution in [3.05, 3.63) is 49.7 Å². The zero-order valence-corrected chi connectivity index (χ0v) is 14.0. The monoisotopic (exact) mass is 405 g/mol. The standard InChI is InChI=1S/C14H10F3N3O8/c1-13(2)27-11(21)7(12(22)28-13)5-18-10-8(19(23)24)3-6(14(15,16)17)4-9(10)20(25)26/h3-5,18H,1-2H3. The van der Waals surface area contributed by atoms with Crippen molar-refractivity contribution in [2.75, 3.05) is 5.32 Å². The van der Waals surface area contributed by atoms with Gasteiger partial charge in [0.1, 0.15) is 0 Å². The largest absolute Gasteiger partial charge is 0.419 e. The fourth-order valence-electron chi connectivity index (χ4n) is 2.13. The Balaban J connectivity index is 2.56. The van der Waals surface area contributed by atoms with Crippen molar-refractivity contribution < 1.29 is 42.1 Å². The first-order valence-corrected chi connectivity index (χ1v) is 7.20. The molecule has 0 atom stereocenters. The SMILES string of the molecule is CC1(C)OC(=O)C(=CNc2c([N+](=O)[O-])cc(C(F)(F)F)cc2[N+](=O)[O-])C(=O)O1. The number of benzene rings is 1. The third-order valence-electron chi connectivity index (χ3n) is 3.30. The zero-order chi connectivity index (χ0) is 21.4. The van der Waals surface area contributed by atoms with Gasteiger partial charge in [-0.05, 0) is 0 Å². The summed E-state index contributed by atoms with van der Waals surface area (Å²) in [7, 11) is 0. The van der Waals surface area contributed by atoms with Gasteiger partial charge in [-0.2, -0.15) is 13.2 Å². The summed E-state index contributed by atoms with van der Waals surface area (Å²) in [5.41, 5.74) is -5.99. The molecule has 1 aromatic carbocycles. The quantitative estimate of drug-likeness (QED) is 0.262. The number of ether oxygens (including phenoxy) is 2. The second-order valence-electron chi connectivity index (χ2n) is 5.78. The number of carbonyl (C=O) groups is 2. The van der Waals surface area contributed by atoms with E-state index in [-0.39, 0.29) is 12.1 Å². The molecule has 0 spiro atoms. The van der Waals surface area contributed by atoms with E-state index in [1.807, 2.05) is 5.32 Å². The highest BCUT2D eigenvalue weighted by molar-refractivity contribution is 6.15. The van der Waals surface area contributed by atoms with Gasteiger partial charge in [-0.1, -0.05) is 0 Å². The van der Waals surface area contributed by atoms with Crippen molar-refractivity contribution in [3.8, 4) is 0 Å². The Morgan fingerprint density at radius 1 is 1.04 bits per heavy atom. The van der Waals surface area contributed by atoms with Gasteiger partial charge < -0.3 is 14.8 Å². The highest BCUT2D eigenvalue weighted by Crippen LogP contribution is 2.41. The highest BCUT2D eigenvalue weighted by Gasteiger charge is 2.40. The normalized spacial score (nSPS) is 16.1. The number of cyclic esters (lactones) is 2. The maximum absolute atomic E-state index is 12.9. The summed E-state index contributed by atoms with van der Waals surface area (Å²) >= 11 is 0. The van der Waals surface area contributed by atoms with Gasteiger partial charge in [0.25, 0.3) is 17.2 Å². The van der Waals surface area contributed by atoms with Crippen LogP contribution in [0.15, 0.2) is 23.9 Å². The van der Waals surface area contributed by atoms with Crippen LogP contribution in [-0.2, 0) is 25.2 Å². The number of nitro benzene ring substituents is 2. The van der Waals surface area contributed by atoms with Crippen LogP contribution < -0.4 is 5.32 Å². The third kappa shape index (κ3) is 4.16. The summed E-state index contributed by atoms with van der Waals surface area (Å²) < 4.78 is 48.1. The minimum Gasteiger partial charge on any atom is -0.419 e. The van der Waals surface area contributed by atoms with E-state index in [1.54, 1.807) is 0 Å². The second-order valence-corrected chi connectivity index (χ2v) is 5.78. The van der Waals surface area contributed by atoms with Crippen molar-refractivity contribution >= 4 is 29.0 Å². The van der Waals surface area contributed by atoms with Crippen LogP contribution in [0.25, 0.3) is 0 Å². The molecule has 0 radical (unpaired) electrons. The first-order chi connectivity index (χ1) is 12.7. The Morgan fingerprint density at radius 3 is 1.82 bits per heavy atom. The van der Waals surface area contributed by atoms with Crippen LogP contribution in [0.1, 0.15) is 19.4 Å². The number of nitrogens with zero attached hydrogens (tertiary/aromatic N) is 2. The molecule has 0 bridgehead atoms. The molecule has 0 aliphatic carbocycles. The van der Waals surface area contributed by atoms with Gasteiger partial charge in [0.05, 0.1) is 15.4 Å². The predicted octanol–water partition coefficient (Wildman–Crippen LogP) is 2.65. The highest BCUT2D eigenvalue weighted by atomic mass is 19.4. The Hall–Kier alpha value is -3.71. The van der Waals surface area contributed by atoms with E-state index in [0.717, 1.165) is 0 Å². The molecule has 1 aliphatic rings. The summed E-state index contributed by atoms with van der Waals surface area (Å²) in [5, 5.41) is 24.2. The average Bonchev–Trinajstić information content (AvgIpc) is 2.51. The lowest BCUT2D eigenvalue weighted by Gasteiger charge is -2.29. The van der Waals surface area contributed by atoms with E-state index in [4.69, 9.17) is 9.47 Å². The molecule has 0 aromatic heterocycles. The molecule has 150 valence electrons. The maximum atomic E-state index is 12.9. The Bertz CT molecular complexity index is 866. The van der Waals surface area contributed by atoms with Gasteiger partial charge in [-0.25, -0.2) is 9.59 Å². The average molecular weight is 405 g/mol. The Morgan fingerprint density at radius 2 is 1.46 bits per heavy atom. The second kappa shape index (κ2) is 6.79. The number of anilines is 1. The fourth-order valence-corrected chi connectivity index (χ4v) is 2.13. The summed E-state index contributed by atoms with van der Waals surface area (Å²) in [5.74, 6) is -3.99. The van der Waals surface area contributed by atoms with Crippen molar-refractivity contribution in [2.24, 2.45) is 0 Å². The lowest BCUT2D eigenvalue weighted by molar-refractivity contribution is -0.392. The van der Waals surface area contributed by atoms with Crippen molar-refractivity contribution in [1.29, 1.82) is 0 Å². The van der Waals surface area contributed by atoms with E-state index in [2.05, 4.69) is 0 Å². The summed E-state index contributed by atoms with van der Waals surface area (Å²) in [4.78, 5) is 43.3. The molecule has 28 heavy (non-hydrogen) atoms. The van der Waals surface area contributed by atoms with Gasteiger partial charge in [-0.3, -0.25) is 20.2 Å². The van der Waals surface area contributed by atoms with Crippen molar-refractivity contribution in [1.82, 2.24) is 0 Å². The van der Waals surface area contributed by atoms with Gasteiger partial charge in [-0.15, -0.1) is 0 Å². The minimum atomic E-state index is -5.09. The van der Waals surface area contributed by atoms with Crippen LogP contribution in [0.2, 0.25) is 0 Å². The molecular weight excluding hydrogens is 395 g/mol. The first-order valence-electron chi connectivity index (χ1n) is 7.20. The molecule has 14 heteroatoms. The predicted molar refractivity (Wildman–Crippen MR) is 82.7 cm³/mol. The van der Waals surface area contributed by atoms with Gasteiger partial charge in [0, 0.05) is 32.2 Å². The van der Waals surface area contributed by atoms with Gasteiger partial charge in [0.2, 0.25) is 0 Å². The molecule has 1 N–H and O–H groups in total. The molecule has 0 unspecified atom stereocenters. The van der Waals surface area contributed by atoms with E-state index in [9.17, 15) is 43.0 Å². The number of alkyl halides is 3. The van der Waals surface area contributed by atoms with Crippen LogP contribution in [-0.4, -0.2) is 27.6 Å². The molecule has 0 saturated carbocycles. The van der Waals surface area contributed by atoms with Crippen LogP contribution in [0.3, 0.4) is 0 Å². The van der Waals surface area contributed by atoms with Crippen molar-refractivity contribution in [2.45, 2.75) is 25.8 Å². The topological polar surface area (TPSA) is 151 Å². The van der Waals surface area contributed by atoms with Crippen LogP contribution >= 0.6 is 0 Å². The molecule has 1 saturated heterocycles. The minimum absolute atomic E-state index is 0.0778. The fraction of sp³-hybridized carbons (Fsp3) is 0.286. The number of halogens is 3. The number of nitro groups is 2. The number of rotatable bonds is 4. The smallest absolute Gasteiger partial charge is 0.416 e. The number of esters is 2. The molecule has 2 rings (SSSR count). The van der Waals surface area contributed by atoms with Crippen molar-refractivity contribution in [3.63, 3.8) is 0 Å². The number of hydrogen-bond donors (Lipinski definition) is 1. The van der Waals surface area contributed by atoms with E-state index < -0.39 is 61.9 Å². The Kier molecular flexibility index (Phi) is 4.99. The summed E-state index contributed by atoms with van der Waals surface area (Å²) in [6.45, 7) is 2.50. The lowest BCUT2D eigenvalue weighted by atomic mass is 10.1. The zero-order valence-electron chi connectivity index (χ0n) is 14.0. The van der Waals surface area contributed by atoms with E-state index in [0.29, 0.717) is 6.20 Å². The molecule has 11 nitrogen and oxygen atoms in total. The molecule has 0 amide bonds. The van der Waals surface area contributed by atoms with Gasteiger partial charge >= 0.3 is 18.1 Å². The lowest BCUT2D eigenvalue weighted by Crippen LogP contribution is -2.42. The van der Waals surface area contributed by atoms with Gasteiger partial charge in [0.15, 0.2) is 11.3 Å². The number of carbonyl (C=O) groups excluding carboxylic acids is 2. The van der Waals surface area contributed by atoms with Crippen LogP contribution in [0.4, 0.5) is 30.2 Å². The van der Waals surface area contributed by atoms with E-state index >= 15 is 0 Å². The Labute approximate surface area is 153 Å². The third-order valence-corrected chi connectivity index (χ3v) is 3.30.